The topological polar surface area (TPSA) is 17.1 Å². The fourth-order valence-electron chi connectivity index (χ4n) is 1.55. The van der Waals surface area contributed by atoms with E-state index < -0.39 is 8.07 Å². The Labute approximate surface area is 94.3 Å². The fourth-order valence-corrected chi connectivity index (χ4v) is 3.92. The summed E-state index contributed by atoms with van der Waals surface area (Å²) in [6.45, 7) is 8.86. The van der Waals surface area contributed by atoms with Crippen LogP contribution in [0.4, 0.5) is 0 Å². The predicted octanol–water partition coefficient (Wildman–Crippen LogP) is 2.66. The van der Waals surface area contributed by atoms with Crippen molar-refractivity contribution in [2.45, 2.75) is 26.6 Å². The van der Waals surface area contributed by atoms with Crippen LogP contribution in [0, 0.1) is 6.92 Å². The highest BCUT2D eigenvalue weighted by Crippen LogP contribution is 2.11. The van der Waals surface area contributed by atoms with Crippen LogP contribution in [0.3, 0.4) is 0 Å². The molecule has 0 aliphatic carbocycles. The van der Waals surface area contributed by atoms with Crippen LogP contribution in [0.25, 0.3) is 0 Å². The van der Waals surface area contributed by atoms with Crippen LogP contribution in [0.15, 0.2) is 27.5 Å². The zero-order chi connectivity index (χ0) is 10.9. The summed E-state index contributed by atoms with van der Waals surface area (Å²) >= 11 is 3.36. The van der Waals surface area contributed by atoms with Gasteiger partial charge in [-0.05, 0) is 34.5 Å². The molecule has 0 spiro atoms. The molecule has 1 rings (SSSR count). The summed E-state index contributed by atoms with van der Waals surface area (Å²) in [6.07, 6.45) is 0. The highest BCUT2D eigenvalue weighted by Gasteiger charge is 2.19. The Balaban J connectivity index is 3.59. The molecule has 14 heavy (non-hydrogen) atoms. The second-order valence-electron chi connectivity index (χ2n) is 4.49. The van der Waals surface area contributed by atoms with Crippen molar-refractivity contribution in [3.63, 3.8) is 0 Å². The van der Waals surface area contributed by atoms with E-state index in [1.54, 1.807) is 6.07 Å². The third-order valence-corrected chi connectivity index (χ3v) is 5.41. The van der Waals surface area contributed by atoms with Crippen molar-refractivity contribution in [3.05, 3.63) is 38.5 Å². The SMILES string of the molecule is Cc1c([Si](C)(C)C)cccc(=O)c1Br. The van der Waals surface area contributed by atoms with Crippen LogP contribution in [-0.2, 0) is 0 Å². The number of hydrogen-bond acceptors (Lipinski definition) is 1. The molecule has 0 aliphatic rings. The fraction of sp³-hybridized carbons (Fsp3) is 0.364. The second-order valence-corrected chi connectivity index (χ2v) is 10.3. The monoisotopic (exact) mass is 270 g/mol. The van der Waals surface area contributed by atoms with Crippen LogP contribution >= 0.6 is 15.9 Å². The van der Waals surface area contributed by atoms with Gasteiger partial charge in [0.25, 0.3) is 0 Å². The Hall–Kier alpha value is -0.413. The quantitative estimate of drug-likeness (QED) is 0.718. The first-order valence-corrected chi connectivity index (χ1v) is 8.93. The minimum atomic E-state index is -1.35. The average molecular weight is 271 g/mol. The van der Waals surface area contributed by atoms with Crippen molar-refractivity contribution in [2.75, 3.05) is 0 Å². The summed E-state index contributed by atoms with van der Waals surface area (Å²) in [5.74, 6) is 0. The van der Waals surface area contributed by atoms with E-state index in [1.807, 2.05) is 13.0 Å². The van der Waals surface area contributed by atoms with Crippen molar-refractivity contribution in [3.8, 4) is 0 Å². The lowest BCUT2D eigenvalue weighted by molar-refractivity contribution is 1.45. The molecule has 0 unspecified atom stereocenters. The zero-order valence-corrected chi connectivity index (χ0v) is 11.6. The van der Waals surface area contributed by atoms with Gasteiger partial charge in [-0.3, -0.25) is 4.79 Å². The summed E-state index contributed by atoms with van der Waals surface area (Å²) in [7, 11) is -1.35. The predicted molar refractivity (Wildman–Crippen MR) is 68.1 cm³/mol. The van der Waals surface area contributed by atoms with E-state index in [0.717, 1.165) is 5.56 Å². The van der Waals surface area contributed by atoms with Crippen LogP contribution in [0.2, 0.25) is 19.6 Å². The average Bonchev–Trinajstić information content (AvgIpc) is 2.17. The molecule has 1 nitrogen and oxygen atoms in total. The van der Waals surface area contributed by atoms with Crippen molar-refractivity contribution >= 4 is 29.2 Å². The zero-order valence-electron chi connectivity index (χ0n) is 9.02. The molecule has 0 aromatic heterocycles. The first-order valence-electron chi connectivity index (χ1n) is 4.64. The van der Waals surface area contributed by atoms with Gasteiger partial charge < -0.3 is 0 Å². The number of rotatable bonds is 1. The van der Waals surface area contributed by atoms with Gasteiger partial charge in [-0.25, -0.2) is 0 Å². The van der Waals surface area contributed by atoms with Gasteiger partial charge in [-0.2, -0.15) is 0 Å². The van der Waals surface area contributed by atoms with Crippen LogP contribution in [-0.4, -0.2) is 8.07 Å². The molecule has 0 fully saturated rings. The number of hydrogen-bond donors (Lipinski definition) is 0. The molecule has 0 atom stereocenters. The van der Waals surface area contributed by atoms with E-state index in [0.29, 0.717) is 4.47 Å². The molecule has 0 heterocycles. The molecule has 0 bridgehead atoms. The molecular weight excluding hydrogens is 256 g/mol. The Morgan fingerprint density at radius 2 is 1.79 bits per heavy atom. The van der Waals surface area contributed by atoms with Crippen LogP contribution < -0.4 is 10.6 Å². The van der Waals surface area contributed by atoms with Gasteiger partial charge in [0.1, 0.15) is 0 Å². The van der Waals surface area contributed by atoms with Crippen molar-refractivity contribution in [2.24, 2.45) is 0 Å². The first-order chi connectivity index (χ1) is 6.34. The molecule has 0 saturated heterocycles. The van der Waals surface area contributed by atoms with Crippen LogP contribution in [0.5, 0.6) is 0 Å². The maximum atomic E-state index is 11.5. The van der Waals surface area contributed by atoms with Gasteiger partial charge in [0.2, 0.25) is 0 Å². The molecule has 76 valence electrons. The lowest BCUT2D eigenvalue weighted by atomic mass is 10.3. The van der Waals surface area contributed by atoms with Gasteiger partial charge >= 0.3 is 0 Å². The Kier molecular flexibility index (Phi) is 3.32. The van der Waals surface area contributed by atoms with E-state index in [4.69, 9.17) is 0 Å². The molecule has 1 aromatic rings. The van der Waals surface area contributed by atoms with Gasteiger partial charge in [0.05, 0.1) is 12.5 Å². The van der Waals surface area contributed by atoms with Gasteiger partial charge in [0.15, 0.2) is 5.43 Å². The minimum absolute atomic E-state index is 0.0620. The molecule has 0 aliphatic heterocycles. The maximum Gasteiger partial charge on any atom is 0.193 e. The molecule has 0 radical (unpaired) electrons. The lowest BCUT2D eigenvalue weighted by Crippen LogP contribution is -2.39. The third-order valence-electron chi connectivity index (χ3n) is 2.27. The summed E-state index contributed by atoms with van der Waals surface area (Å²) in [5.41, 5.74) is 1.16. The highest BCUT2D eigenvalue weighted by molar-refractivity contribution is 9.10. The minimum Gasteiger partial charge on any atom is -0.289 e. The molecule has 0 saturated carbocycles. The largest absolute Gasteiger partial charge is 0.289 e. The Morgan fingerprint density at radius 1 is 1.21 bits per heavy atom. The Morgan fingerprint density at radius 3 is 2.29 bits per heavy atom. The van der Waals surface area contributed by atoms with Crippen molar-refractivity contribution in [1.29, 1.82) is 0 Å². The first kappa shape index (κ1) is 11.7. The second kappa shape index (κ2) is 3.99. The van der Waals surface area contributed by atoms with Crippen molar-refractivity contribution in [1.82, 2.24) is 0 Å². The van der Waals surface area contributed by atoms with Gasteiger partial charge in [0, 0.05) is 0 Å². The van der Waals surface area contributed by atoms with E-state index in [-0.39, 0.29) is 5.43 Å². The van der Waals surface area contributed by atoms with E-state index in [2.05, 4.69) is 41.6 Å². The normalized spacial score (nSPS) is 11.5. The molecule has 0 N–H and O–H groups in total. The summed E-state index contributed by atoms with van der Waals surface area (Å²) in [4.78, 5) is 11.5. The summed E-state index contributed by atoms with van der Waals surface area (Å²) < 4.78 is 0.708. The maximum absolute atomic E-state index is 11.5. The van der Waals surface area contributed by atoms with Gasteiger partial charge in [-0.1, -0.05) is 37.0 Å². The molecular formula is C11H15BrOSi. The smallest absolute Gasteiger partial charge is 0.193 e. The highest BCUT2D eigenvalue weighted by atomic mass is 79.9. The number of halogens is 1. The Bertz CT molecular complexity index is 407. The van der Waals surface area contributed by atoms with E-state index in [9.17, 15) is 4.79 Å². The molecule has 3 heteroatoms. The van der Waals surface area contributed by atoms with Gasteiger partial charge in [-0.15, -0.1) is 0 Å². The summed E-state index contributed by atoms with van der Waals surface area (Å²) in [5, 5.41) is 1.34. The van der Waals surface area contributed by atoms with Crippen molar-refractivity contribution < 1.29 is 0 Å². The van der Waals surface area contributed by atoms with E-state index >= 15 is 0 Å². The summed E-state index contributed by atoms with van der Waals surface area (Å²) in [6, 6.07) is 5.54. The lowest BCUT2D eigenvalue weighted by Gasteiger charge is -2.17. The van der Waals surface area contributed by atoms with Crippen LogP contribution in [0.1, 0.15) is 5.56 Å². The molecule has 0 amide bonds. The standard InChI is InChI=1S/C11H15BrOSi/c1-8-10(14(2,3)4)7-5-6-9(13)11(8)12/h5-7H,1-4H3. The molecule has 1 aromatic carbocycles. The van der Waals surface area contributed by atoms with E-state index in [1.165, 1.54) is 5.19 Å². The third kappa shape index (κ3) is 2.33.